The van der Waals surface area contributed by atoms with Crippen LogP contribution in [0.5, 0.6) is 23.3 Å². The van der Waals surface area contributed by atoms with Crippen molar-refractivity contribution in [2.45, 2.75) is 13.8 Å². The van der Waals surface area contributed by atoms with E-state index in [0.717, 1.165) is 23.0 Å². The van der Waals surface area contributed by atoms with Crippen molar-refractivity contribution in [3.63, 3.8) is 0 Å². The number of hydrogen-bond donors (Lipinski definition) is 0. The number of para-hydroxylation sites is 1. The molecule has 0 bridgehead atoms. The van der Waals surface area contributed by atoms with Crippen LogP contribution < -0.4 is 9.47 Å². The van der Waals surface area contributed by atoms with E-state index in [4.69, 9.17) is 21.1 Å². The number of fused-ring (bicyclic) bond motifs is 1. The number of aromatic nitrogens is 3. The van der Waals surface area contributed by atoms with Gasteiger partial charge in [-0.05, 0) is 49.7 Å². The zero-order valence-electron chi connectivity index (χ0n) is 16.0. The van der Waals surface area contributed by atoms with Gasteiger partial charge in [-0.25, -0.2) is 4.98 Å². The Labute approximate surface area is 176 Å². The Hall–Kier alpha value is -3.78. The average molecular weight is 423 g/mol. The Morgan fingerprint density at radius 1 is 1.00 bits per heavy atom. The molecule has 0 aliphatic carbocycles. The van der Waals surface area contributed by atoms with Gasteiger partial charge in [0, 0.05) is 16.1 Å². The highest BCUT2D eigenvalue weighted by Gasteiger charge is 2.27. The molecule has 0 spiro atoms. The summed E-state index contributed by atoms with van der Waals surface area (Å²) in [5.74, 6) is 0.209. The summed E-state index contributed by atoms with van der Waals surface area (Å²) in [6, 6.07) is 14.0. The maximum atomic E-state index is 11.8. The van der Waals surface area contributed by atoms with Gasteiger partial charge in [0.15, 0.2) is 5.75 Å². The van der Waals surface area contributed by atoms with Crippen LogP contribution in [0.2, 0.25) is 5.02 Å². The lowest BCUT2D eigenvalue weighted by molar-refractivity contribution is -0.387. The molecule has 150 valence electrons. The summed E-state index contributed by atoms with van der Waals surface area (Å²) < 4.78 is 11.4. The Kier molecular flexibility index (Phi) is 5.16. The van der Waals surface area contributed by atoms with E-state index in [2.05, 4.69) is 15.0 Å². The van der Waals surface area contributed by atoms with Crippen LogP contribution in [-0.2, 0) is 0 Å². The fourth-order valence-corrected chi connectivity index (χ4v) is 2.97. The summed E-state index contributed by atoms with van der Waals surface area (Å²) in [6.07, 6.45) is 1.14. The van der Waals surface area contributed by atoms with Crippen LogP contribution in [0.1, 0.15) is 11.3 Å². The van der Waals surface area contributed by atoms with E-state index >= 15 is 0 Å². The van der Waals surface area contributed by atoms with E-state index in [1.807, 2.05) is 25.1 Å². The van der Waals surface area contributed by atoms with Crippen molar-refractivity contribution < 1.29 is 14.4 Å². The first-order valence-corrected chi connectivity index (χ1v) is 9.28. The highest BCUT2D eigenvalue weighted by Crippen LogP contribution is 2.39. The second-order valence-electron chi connectivity index (χ2n) is 6.49. The molecule has 0 aliphatic heterocycles. The predicted molar refractivity (Wildman–Crippen MR) is 112 cm³/mol. The quantitative estimate of drug-likeness (QED) is 0.296. The molecule has 0 N–H and O–H groups in total. The molecule has 0 fully saturated rings. The molecule has 4 aromatic rings. The smallest absolute Gasteiger partial charge is 0.393 e. The number of nitro groups is 1. The maximum Gasteiger partial charge on any atom is 0.393 e. The minimum absolute atomic E-state index is 0.240. The van der Waals surface area contributed by atoms with Crippen molar-refractivity contribution >= 4 is 28.2 Å². The standard InChI is InChI=1S/C21H15ClN4O4/c1-12-10-15(8-9-16(12)22)29-20-19(26(27)28)21(24-11-23-20)30-17-5-3-4-14-7-6-13(2)25-18(14)17/h3-11H,1-2H3. The Bertz CT molecular complexity index is 1280. The van der Waals surface area contributed by atoms with Gasteiger partial charge in [-0.3, -0.25) is 10.1 Å². The topological polar surface area (TPSA) is 100 Å². The van der Waals surface area contributed by atoms with Crippen LogP contribution in [0.3, 0.4) is 0 Å². The molecular weight excluding hydrogens is 408 g/mol. The summed E-state index contributed by atoms with van der Waals surface area (Å²) in [4.78, 5) is 23.5. The molecular formula is C21H15ClN4O4. The number of aryl methyl sites for hydroxylation is 2. The first-order valence-electron chi connectivity index (χ1n) is 8.90. The summed E-state index contributed by atoms with van der Waals surface area (Å²) in [5.41, 5.74) is 1.63. The van der Waals surface area contributed by atoms with E-state index in [1.54, 1.807) is 37.3 Å². The second-order valence-corrected chi connectivity index (χ2v) is 6.89. The van der Waals surface area contributed by atoms with Crippen LogP contribution >= 0.6 is 11.6 Å². The van der Waals surface area contributed by atoms with Crippen molar-refractivity contribution in [3.8, 4) is 23.3 Å². The predicted octanol–water partition coefficient (Wildman–Crippen LogP) is 5.79. The molecule has 0 unspecified atom stereocenters. The third kappa shape index (κ3) is 3.85. The largest absolute Gasteiger partial charge is 0.433 e. The van der Waals surface area contributed by atoms with E-state index in [0.29, 0.717) is 22.0 Å². The molecule has 0 aliphatic rings. The maximum absolute atomic E-state index is 11.8. The molecule has 2 aromatic heterocycles. The number of nitrogens with zero attached hydrogens (tertiary/aromatic N) is 4. The number of halogens is 1. The van der Waals surface area contributed by atoms with E-state index in [-0.39, 0.29) is 11.8 Å². The van der Waals surface area contributed by atoms with Crippen molar-refractivity contribution in [1.82, 2.24) is 15.0 Å². The molecule has 2 aromatic carbocycles. The molecule has 30 heavy (non-hydrogen) atoms. The lowest BCUT2D eigenvalue weighted by Crippen LogP contribution is -2.01. The minimum atomic E-state index is -0.642. The second kappa shape index (κ2) is 7.92. The molecule has 0 atom stereocenters. The van der Waals surface area contributed by atoms with Crippen LogP contribution in [-0.4, -0.2) is 19.9 Å². The molecule has 2 heterocycles. The Morgan fingerprint density at radius 2 is 1.77 bits per heavy atom. The third-order valence-electron chi connectivity index (χ3n) is 4.31. The number of benzene rings is 2. The van der Waals surface area contributed by atoms with E-state index in [9.17, 15) is 10.1 Å². The zero-order valence-corrected chi connectivity index (χ0v) is 16.8. The van der Waals surface area contributed by atoms with Crippen molar-refractivity contribution in [2.24, 2.45) is 0 Å². The zero-order chi connectivity index (χ0) is 21.3. The SMILES string of the molecule is Cc1ccc2cccc(Oc3ncnc(Oc4ccc(Cl)c(C)c4)c3[N+](=O)[O-])c2n1. The fourth-order valence-electron chi connectivity index (χ4n) is 2.85. The first-order chi connectivity index (χ1) is 14.4. The summed E-state index contributed by atoms with van der Waals surface area (Å²) in [7, 11) is 0. The summed E-state index contributed by atoms with van der Waals surface area (Å²) in [5, 5.41) is 13.2. The van der Waals surface area contributed by atoms with Gasteiger partial charge in [-0.2, -0.15) is 9.97 Å². The molecule has 9 heteroatoms. The third-order valence-corrected chi connectivity index (χ3v) is 4.73. The van der Waals surface area contributed by atoms with Gasteiger partial charge in [0.05, 0.1) is 4.92 Å². The number of pyridine rings is 1. The molecule has 0 saturated carbocycles. The van der Waals surface area contributed by atoms with Gasteiger partial charge < -0.3 is 9.47 Å². The molecule has 8 nitrogen and oxygen atoms in total. The Morgan fingerprint density at radius 3 is 2.50 bits per heavy atom. The molecule has 0 radical (unpaired) electrons. The number of rotatable bonds is 5. The van der Waals surface area contributed by atoms with Gasteiger partial charge in [-0.15, -0.1) is 0 Å². The van der Waals surface area contributed by atoms with Crippen LogP contribution in [0.15, 0.2) is 54.9 Å². The van der Waals surface area contributed by atoms with Crippen molar-refractivity contribution in [1.29, 1.82) is 0 Å². The lowest BCUT2D eigenvalue weighted by Gasteiger charge is -2.10. The fraction of sp³-hybridized carbons (Fsp3) is 0.0952. The van der Waals surface area contributed by atoms with Crippen LogP contribution in [0, 0.1) is 24.0 Å². The molecule has 0 saturated heterocycles. The van der Waals surface area contributed by atoms with Crippen LogP contribution in [0.25, 0.3) is 10.9 Å². The van der Waals surface area contributed by atoms with Crippen molar-refractivity contribution in [3.05, 3.63) is 81.3 Å². The summed E-state index contributed by atoms with van der Waals surface area (Å²) in [6.45, 7) is 3.65. The lowest BCUT2D eigenvalue weighted by atomic mass is 10.2. The van der Waals surface area contributed by atoms with Gasteiger partial charge in [0.2, 0.25) is 0 Å². The van der Waals surface area contributed by atoms with Gasteiger partial charge >= 0.3 is 17.4 Å². The number of ether oxygens (including phenoxy) is 2. The highest BCUT2D eigenvalue weighted by atomic mass is 35.5. The number of hydrogen-bond acceptors (Lipinski definition) is 7. The first kappa shape index (κ1) is 19.5. The minimum Gasteiger partial charge on any atom is -0.433 e. The van der Waals surface area contributed by atoms with E-state index in [1.165, 1.54) is 0 Å². The highest BCUT2D eigenvalue weighted by molar-refractivity contribution is 6.31. The van der Waals surface area contributed by atoms with Crippen LogP contribution in [0.4, 0.5) is 5.69 Å². The normalized spacial score (nSPS) is 10.8. The molecule has 4 rings (SSSR count). The Balaban J connectivity index is 1.76. The van der Waals surface area contributed by atoms with Gasteiger partial charge in [-0.1, -0.05) is 29.8 Å². The average Bonchev–Trinajstić information content (AvgIpc) is 2.71. The summed E-state index contributed by atoms with van der Waals surface area (Å²) >= 11 is 6.02. The molecule has 0 amide bonds. The van der Waals surface area contributed by atoms with E-state index < -0.39 is 10.6 Å². The monoisotopic (exact) mass is 422 g/mol. The van der Waals surface area contributed by atoms with Gasteiger partial charge in [0.25, 0.3) is 0 Å². The van der Waals surface area contributed by atoms with Gasteiger partial charge in [0.1, 0.15) is 17.6 Å². The van der Waals surface area contributed by atoms with Crippen molar-refractivity contribution in [2.75, 3.05) is 0 Å².